The van der Waals surface area contributed by atoms with Gasteiger partial charge in [-0.05, 0) is 60.4 Å². The van der Waals surface area contributed by atoms with Crippen LogP contribution in [0.4, 0.5) is 10.1 Å². The van der Waals surface area contributed by atoms with Crippen molar-refractivity contribution in [3.05, 3.63) is 90.5 Å². The quantitative estimate of drug-likeness (QED) is 0.528. The molecule has 1 aliphatic carbocycles. The van der Waals surface area contributed by atoms with Gasteiger partial charge < -0.3 is 5.32 Å². The van der Waals surface area contributed by atoms with E-state index in [-0.39, 0.29) is 23.6 Å². The van der Waals surface area contributed by atoms with E-state index in [1.54, 1.807) is 18.3 Å². The molecule has 1 fully saturated rings. The molecule has 1 N–H and O–H groups in total. The molecule has 142 valence electrons. The number of fused-ring (bicyclic) bond motifs is 1. The third kappa shape index (κ3) is 3.47. The number of aromatic nitrogens is 2. The van der Waals surface area contributed by atoms with E-state index in [4.69, 9.17) is 0 Å². The number of benzene rings is 2. The van der Waals surface area contributed by atoms with Gasteiger partial charge in [-0.1, -0.05) is 24.3 Å². The van der Waals surface area contributed by atoms with Crippen molar-refractivity contribution in [2.45, 2.75) is 12.3 Å². The number of pyridine rings is 2. The van der Waals surface area contributed by atoms with Crippen LogP contribution in [0.25, 0.3) is 22.2 Å². The van der Waals surface area contributed by atoms with Crippen LogP contribution < -0.4 is 5.32 Å². The molecule has 0 bridgehead atoms. The Morgan fingerprint density at radius 3 is 2.59 bits per heavy atom. The SMILES string of the molecule is O=C(Nc1cccc2cccnc12)[C@@H]1C[C@H]1c1ccc(-c2ccc(F)cc2)nc1. The van der Waals surface area contributed by atoms with Crippen LogP contribution in [0, 0.1) is 11.7 Å². The van der Waals surface area contributed by atoms with E-state index < -0.39 is 0 Å². The van der Waals surface area contributed by atoms with Crippen LogP contribution in [0.3, 0.4) is 0 Å². The second-order valence-corrected chi connectivity index (χ2v) is 7.30. The number of hydrogen-bond acceptors (Lipinski definition) is 3. The zero-order chi connectivity index (χ0) is 19.8. The number of nitrogens with zero attached hydrogens (tertiary/aromatic N) is 2. The number of rotatable bonds is 4. The molecule has 1 amide bonds. The summed E-state index contributed by atoms with van der Waals surface area (Å²) in [7, 11) is 0. The summed E-state index contributed by atoms with van der Waals surface area (Å²) in [6.45, 7) is 0. The lowest BCUT2D eigenvalue weighted by Crippen LogP contribution is -2.15. The number of carbonyl (C=O) groups is 1. The van der Waals surface area contributed by atoms with Crippen molar-refractivity contribution in [2.75, 3.05) is 5.32 Å². The average molecular weight is 383 g/mol. The molecule has 2 heterocycles. The number of anilines is 1. The Morgan fingerprint density at radius 2 is 1.79 bits per heavy atom. The third-order valence-corrected chi connectivity index (χ3v) is 5.37. The van der Waals surface area contributed by atoms with Crippen LogP contribution in [-0.4, -0.2) is 15.9 Å². The van der Waals surface area contributed by atoms with Gasteiger partial charge in [0.1, 0.15) is 5.82 Å². The summed E-state index contributed by atoms with van der Waals surface area (Å²) in [4.78, 5) is 21.6. The standard InChI is InChI=1S/C24H18FN3O/c25-18-9-6-15(7-10-18)21-11-8-17(14-27-21)19-13-20(19)24(29)28-22-5-1-3-16-4-2-12-26-23(16)22/h1-12,14,19-20H,13H2,(H,28,29)/t19-,20+/m0/s1. The van der Waals surface area contributed by atoms with Crippen molar-refractivity contribution in [1.82, 2.24) is 9.97 Å². The summed E-state index contributed by atoms with van der Waals surface area (Å²) in [6, 6.07) is 19.8. The Kier molecular flexibility index (Phi) is 4.28. The van der Waals surface area contributed by atoms with Crippen molar-refractivity contribution in [1.29, 1.82) is 0 Å². The number of amides is 1. The van der Waals surface area contributed by atoms with E-state index >= 15 is 0 Å². The fraction of sp³-hybridized carbons (Fsp3) is 0.125. The predicted molar refractivity (Wildman–Crippen MR) is 111 cm³/mol. The molecule has 0 radical (unpaired) electrons. The molecule has 0 unspecified atom stereocenters. The molecular formula is C24H18FN3O. The highest BCUT2D eigenvalue weighted by atomic mass is 19.1. The normalized spacial score (nSPS) is 17.8. The lowest BCUT2D eigenvalue weighted by atomic mass is 10.1. The maximum atomic E-state index is 13.1. The van der Waals surface area contributed by atoms with Gasteiger partial charge in [-0.2, -0.15) is 0 Å². The summed E-state index contributed by atoms with van der Waals surface area (Å²) in [5.41, 5.74) is 4.24. The zero-order valence-electron chi connectivity index (χ0n) is 15.5. The molecule has 0 aliphatic heterocycles. The first-order chi connectivity index (χ1) is 14.2. The van der Waals surface area contributed by atoms with Crippen LogP contribution >= 0.6 is 0 Å². The smallest absolute Gasteiger partial charge is 0.228 e. The van der Waals surface area contributed by atoms with Gasteiger partial charge in [0.05, 0.1) is 16.9 Å². The summed E-state index contributed by atoms with van der Waals surface area (Å²) >= 11 is 0. The van der Waals surface area contributed by atoms with E-state index in [1.165, 1.54) is 12.1 Å². The van der Waals surface area contributed by atoms with E-state index in [9.17, 15) is 9.18 Å². The Hall–Kier alpha value is -3.60. The zero-order valence-corrected chi connectivity index (χ0v) is 15.5. The first kappa shape index (κ1) is 17.5. The van der Waals surface area contributed by atoms with Crippen molar-refractivity contribution in [3.63, 3.8) is 0 Å². The molecule has 2 aromatic heterocycles. The van der Waals surface area contributed by atoms with Gasteiger partial charge in [-0.3, -0.25) is 14.8 Å². The summed E-state index contributed by atoms with van der Waals surface area (Å²) in [6.07, 6.45) is 4.35. The minimum absolute atomic E-state index is 0.00997. The van der Waals surface area contributed by atoms with Gasteiger partial charge >= 0.3 is 0 Å². The summed E-state index contributed by atoms with van der Waals surface area (Å²) < 4.78 is 13.1. The summed E-state index contributed by atoms with van der Waals surface area (Å²) in [5, 5.41) is 4.03. The van der Waals surface area contributed by atoms with Crippen LogP contribution in [-0.2, 0) is 4.79 Å². The first-order valence-electron chi connectivity index (χ1n) is 9.55. The molecule has 29 heavy (non-hydrogen) atoms. The van der Waals surface area contributed by atoms with E-state index in [0.717, 1.165) is 39.8 Å². The maximum Gasteiger partial charge on any atom is 0.228 e. The van der Waals surface area contributed by atoms with Gasteiger partial charge in [-0.15, -0.1) is 0 Å². The van der Waals surface area contributed by atoms with Gasteiger partial charge in [0.15, 0.2) is 0 Å². The van der Waals surface area contributed by atoms with Gasteiger partial charge in [0, 0.05) is 29.3 Å². The first-order valence-corrected chi connectivity index (χ1v) is 9.55. The number of nitrogens with one attached hydrogen (secondary N) is 1. The van der Waals surface area contributed by atoms with Crippen LogP contribution in [0.2, 0.25) is 0 Å². The Balaban J connectivity index is 1.29. The molecule has 2 aromatic carbocycles. The lowest BCUT2D eigenvalue weighted by molar-refractivity contribution is -0.117. The molecule has 0 spiro atoms. The maximum absolute atomic E-state index is 13.1. The van der Waals surface area contributed by atoms with Gasteiger partial charge in [-0.25, -0.2) is 4.39 Å². The Labute approximate surface area is 167 Å². The highest BCUT2D eigenvalue weighted by Gasteiger charge is 2.44. The second-order valence-electron chi connectivity index (χ2n) is 7.30. The van der Waals surface area contributed by atoms with Crippen LogP contribution in [0.15, 0.2) is 79.1 Å². The summed E-state index contributed by atoms with van der Waals surface area (Å²) in [5.74, 6) is -0.144. The third-order valence-electron chi connectivity index (χ3n) is 5.37. The number of halogens is 1. The second kappa shape index (κ2) is 7.09. The fourth-order valence-corrected chi connectivity index (χ4v) is 3.70. The molecule has 2 atom stereocenters. The average Bonchev–Trinajstić information content (AvgIpc) is 3.56. The van der Waals surface area contributed by atoms with Gasteiger partial charge in [0.2, 0.25) is 5.91 Å². The van der Waals surface area contributed by atoms with E-state index in [2.05, 4.69) is 15.3 Å². The van der Waals surface area contributed by atoms with Crippen LogP contribution in [0.5, 0.6) is 0 Å². The van der Waals surface area contributed by atoms with Crippen molar-refractivity contribution >= 4 is 22.5 Å². The lowest BCUT2D eigenvalue weighted by Gasteiger charge is -2.08. The van der Waals surface area contributed by atoms with E-state index in [1.807, 2.05) is 48.7 Å². The number of para-hydroxylation sites is 1. The molecule has 1 saturated carbocycles. The molecule has 4 nitrogen and oxygen atoms in total. The molecule has 1 aliphatic rings. The van der Waals surface area contributed by atoms with E-state index in [0.29, 0.717) is 0 Å². The minimum Gasteiger partial charge on any atom is -0.324 e. The largest absolute Gasteiger partial charge is 0.324 e. The number of hydrogen-bond donors (Lipinski definition) is 1. The topological polar surface area (TPSA) is 54.9 Å². The van der Waals surface area contributed by atoms with Crippen molar-refractivity contribution in [2.24, 2.45) is 5.92 Å². The van der Waals surface area contributed by atoms with Crippen molar-refractivity contribution < 1.29 is 9.18 Å². The Morgan fingerprint density at radius 1 is 0.966 bits per heavy atom. The predicted octanol–water partition coefficient (Wildman–Crippen LogP) is 5.18. The number of carbonyl (C=O) groups excluding carboxylic acids is 1. The van der Waals surface area contributed by atoms with Crippen molar-refractivity contribution in [3.8, 4) is 11.3 Å². The molecule has 4 aromatic rings. The molecule has 5 heteroatoms. The fourth-order valence-electron chi connectivity index (χ4n) is 3.70. The highest BCUT2D eigenvalue weighted by molar-refractivity contribution is 6.02. The monoisotopic (exact) mass is 383 g/mol. The molecule has 5 rings (SSSR count). The van der Waals surface area contributed by atoms with Gasteiger partial charge in [0.25, 0.3) is 0 Å². The minimum atomic E-state index is -0.265. The Bertz CT molecular complexity index is 1180. The molecular weight excluding hydrogens is 365 g/mol. The highest BCUT2D eigenvalue weighted by Crippen LogP contribution is 2.48. The van der Waals surface area contributed by atoms with Crippen LogP contribution in [0.1, 0.15) is 17.9 Å². The molecule has 0 saturated heterocycles.